The quantitative estimate of drug-likeness (QED) is 0.479. The van der Waals surface area contributed by atoms with Crippen LogP contribution in [-0.2, 0) is 9.53 Å². The van der Waals surface area contributed by atoms with Crippen LogP contribution in [0.15, 0.2) is 66.7 Å². The summed E-state index contributed by atoms with van der Waals surface area (Å²) in [6.45, 7) is 3.54. The standard InChI is InChI=1S/C24H21N3O3/c1-15-8-10-19(16(2)12-15)25-22(28)14-30-24(29)18-9-11-20-21(13-18)27-23(26-20)17-6-4-3-5-7-17/h3-13H,14H2,1-2H3,(H,25,28)(H,26,27). The molecule has 4 aromatic rings. The molecule has 0 spiro atoms. The summed E-state index contributed by atoms with van der Waals surface area (Å²) in [6.07, 6.45) is 0. The Hall–Kier alpha value is -3.93. The maximum absolute atomic E-state index is 12.4. The van der Waals surface area contributed by atoms with Crippen LogP contribution in [-0.4, -0.2) is 28.5 Å². The van der Waals surface area contributed by atoms with E-state index in [1.807, 2.05) is 62.4 Å². The van der Waals surface area contributed by atoms with Crippen molar-refractivity contribution in [3.05, 3.63) is 83.4 Å². The third-order valence-corrected chi connectivity index (χ3v) is 4.76. The highest BCUT2D eigenvalue weighted by molar-refractivity contribution is 5.97. The highest BCUT2D eigenvalue weighted by Crippen LogP contribution is 2.21. The third-order valence-electron chi connectivity index (χ3n) is 4.76. The zero-order valence-corrected chi connectivity index (χ0v) is 16.7. The van der Waals surface area contributed by atoms with Crippen molar-refractivity contribution < 1.29 is 14.3 Å². The molecule has 30 heavy (non-hydrogen) atoms. The molecule has 6 nitrogen and oxygen atoms in total. The molecule has 0 aliphatic heterocycles. The lowest BCUT2D eigenvalue weighted by molar-refractivity contribution is -0.119. The van der Waals surface area contributed by atoms with E-state index in [1.54, 1.807) is 18.2 Å². The Labute approximate surface area is 173 Å². The number of hydrogen-bond acceptors (Lipinski definition) is 4. The molecule has 0 aliphatic carbocycles. The fourth-order valence-corrected chi connectivity index (χ4v) is 3.22. The Morgan fingerprint density at radius 1 is 1.00 bits per heavy atom. The minimum atomic E-state index is -0.566. The number of H-pyrrole nitrogens is 1. The van der Waals surface area contributed by atoms with Crippen LogP contribution in [0.25, 0.3) is 22.4 Å². The molecule has 0 saturated carbocycles. The minimum absolute atomic E-state index is 0.352. The molecule has 0 radical (unpaired) electrons. The van der Waals surface area contributed by atoms with E-state index in [-0.39, 0.29) is 12.5 Å². The van der Waals surface area contributed by atoms with Gasteiger partial charge in [0.05, 0.1) is 16.6 Å². The molecular weight excluding hydrogens is 378 g/mol. The van der Waals surface area contributed by atoms with Crippen molar-refractivity contribution in [3.63, 3.8) is 0 Å². The Balaban J connectivity index is 1.42. The highest BCUT2D eigenvalue weighted by Gasteiger charge is 2.13. The average molecular weight is 399 g/mol. The number of aromatic amines is 1. The van der Waals surface area contributed by atoms with Crippen LogP contribution >= 0.6 is 0 Å². The lowest BCUT2D eigenvalue weighted by atomic mass is 10.1. The average Bonchev–Trinajstić information content (AvgIpc) is 3.18. The summed E-state index contributed by atoms with van der Waals surface area (Å²) in [4.78, 5) is 32.3. The number of imidazole rings is 1. The zero-order valence-electron chi connectivity index (χ0n) is 16.7. The summed E-state index contributed by atoms with van der Waals surface area (Å²) in [5, 5.41) is 2.76. The van der Waals surface area contributed by atoms with E-state index in [0.717, 1.165) is 33.5 Å². The van der Waals surface area contributed by atoms with Crippen molar-refractivity contribution in [1.82, 2.24) is 9.97 Å². The maximum atomic E-state index is 12.4. The second-order valence-corrected chi connectivity index (χ2v) is 7.13. The normalized spacial score (nSPS) is 10.7. The monoisotopic (exact) mass is 399 g/mol. The molecule has 4 rings (SSSR count). The molecule has 3 aromatic carbocycles. The second-order valence-electron chi connectivity index (χ2n) is 7.13. The minimum Gasteiger partial charge on any atom is -0.452 e. The molecule has 0 unspecified atom stereocenters. The lowest BCUT2D eigenvalue weighted by Gasteiger charge is -2.09. The molecule has 0 atom stereocenters. The van der Waals surface area contributed by atoms with Crippen molar-refractivity contribution in [1.29, 1.82) is 0 Å². The molecule has 6 heteroatoms. The van der Waals surface area contributed by atoms with Gasteiger partial charge in [-0.1, -0.05) is 48.0 Å². The number of nitrogens with one attached hydrogen (secondary N) is 2. The summed E-state index contributed by atoms with van der Waals surface area (Å²) in [7, 11) is 0. The number of carbonyl (C=O) groups is 2. The van der Waals surface area contributed by atoms with Gasteiger partial charge in [-0.05, 0) is 43.7 Å². The first kappa shape index (κ1) is 19.4. The van der Waals surface area contributed by atoms with Crippen molar-refractivity contribution >= 4 is 28.6 Å². The largest absolute Gasteiger partial charge is 0.452 e. The van der Waals surface area contributed by atoms with Crippen molar-refractivity contribution in [3.8, 4) is 11.4 Å². The predicted octanol–water partition coefficient (Wildman–Crippen LogP) is 4.64. The van der Waals surface area contributed by atoms with Gasteiger partial charge in [0.1, 0.15) is 5.82 Å². The van der Waals surface area contributed by atoms with Crippen LogP contribution in [0.1, 0.15) is 21.5 Å². The third kappa shape index (κ3) is 4.22. The van der Waals surface area contributed by atoms with Crippen LogP contribution in [0, 0.1) is 13.8 Å². The molecule has 1 heterocycles. The molecule has 2 N–H and O–H groups in total. The van der Waals surface area contributed by atoms with Crippen LogP contribution in [0.3, 0.4) is 0 Å². The summed E-state index contributed by atoms with van der Waals surface area (Å²) < 4.78 is 5.18. The van der Waals surface area contributed by atoms with E-state index in [2.05, 4.69) is 15.3 Å². The fourth-order valence-electron chi connectivity index (χ4n) is 3.22. The van der Waals surface area contributed by atoms with Gasteiger partial charge in [0.15, 0.2) is 6.61 Å². The lowest BCUT2D eigenvalue weighted by Crippen LogP contribution is -2.21. The summed E-state index contributed by atoms with van der Waals surface area (Å²) >= 11 is 0. The van der Waals surface area contributed by atoms with Crippen LogP contribution in [0.4, 0.5) is 5.69 Å². The van der Waals surface area contributed by atoms with Gasteiger partial charge in [-0.3, -0.25) is 4.79 Å². The van der Waals surface area contributed by atoms with Crippen LogP contribution in [0.2, 0.25) is 0 Å². The Morgan fingerprint density at radius 2 is 1.80 bits per heavy atom. The first-order valence-corrected chi connectivity index (χ1v) is 9.59. The van der Waals surface area contributed by atoms with Crippen molar-refractivity contribution in [2.45, 2.75) is 13.8 Å². The van der Waals surface area contributed by atoms with E-state index in [1.165, 1.54) is 0 Å². The molecule has 1 amide bonds. The smallest absolute Gasteiger partial charge is 0.338 e. The molecule has 0 saturated heterocycles. The topological polar surface area (TPSA) is 84.1 Å². The maximum Gasteiger partial charge on any atom is 0.338 e. The number of fused-ring (bicyclic) bond motifs is 1. The number of hydrogen-bond donors (Lipinski definition) is 2. The van der Waals surface area contributed by atoms with Gasteiger partial charge < -0.3 is 15.0 Å². The molecule has 1 aromatic heterocycles. The van der Waals surface area contributed by atoms with Gasteiger partial charge in [0.25, 0.3) is 5.91 Å². The number of nitrogens with zero attached hydrogens (tertiary/aromatic N) is 1. The summed E-state index contributed by atoms with van der Waals surface area (Å²) in [5.41, 5.74) is 5.55. The molecule has 0 fully saturated rings. The second kappa shape index (κ2) is 8.21. The van der Waals surface area contributed by atoms with Gasteiger partial charge >= 0.3 is 5.97 Å². The van der Waals surface area contributed by atoms with Crippen LogP contribution < -0.4 is 5.32 Å². The number of benzene rings is 3. The zero-order chi connectivity index (χ0) is 21.1. The van der Waals surface area contributed by atoms with E-state index >= 15 is 0 Å². The number of carbonyl (C=O) groups excluding carboxylic acids is 2. The first-order valence-electron chi connectivity index (χ1n) is 9.59. The van der Waals surface area contributed by atoms with Crippen molar-refractivity contribution in [2.24, 2.45) is 0 Å². The van der Waals surface area contributed by atoms with E-state index in [9.17, 15) is 9.59 Å². The van der Waals surface area contributed by atoms with Gasteiger partial charge in [0.2, 0.25) is 0 Å². The number of anilines is 1. The van der Waals surface area contributed by atoms with Gasteiger partial charge in [-0.15, -0.1) is 0 Å². The summed E-state index contributed by atoms with van der Waals surface area (Å²) in [6, 6.07) is 20.5. The molecule has 0 aliphatic rings. The SMILES string of the molecule is Cc1ccc(NC(=O)COC(=O)c2ccc3nc(-c4ccccc4)[nH]c3c2)c(C)c1. The number of aryl methyl sites for hydroxylation is 2. The van der Waals surface area contributed by atoms with E-state index in [0.29, 0.717) is 11.3 Å². The van der Waals surface area contributed by atoms with Gasteiger partial charge in [-0.2, -0.15) is 0 Å². The Bertz CT molecular complexity index is 1230. The van der Waals surface area contributed by atoms with Crippen molar-refractivity contribution in [2.75, 3.05) is 11.9 Å². The number of esters is 1. The Kier molecular flexibility index (Phi) is 5.30. The highest BCUT2D eigenvalue weighted by atomic mass is 16.5. The first-order chi connectivity index (χ1) is 14.5. The predicted molar refractivity (Wildman–Crippen MR) is 116 cm³/mol. The Morgan fingerprint density at radius 3 is 2.57 bits per heavy atom. The molecule has 150 valence electrons. The fraction of sp³-hybridized carbons (Fsp3) is 0.125. The van der Waals surface area contributed by atoms with Crippen LogP contribution in [0.5, 0.6) is 0 Å². The number of ether oxygens (including phenoxy) is 1. The number of aromatic nitrogens is 2. The number of rotatable bonds is 5. The molecule has 0 bridgehead atoms. The van der Waals surface area contributed by atoms with Gasteiger partial charge in [-0.25, -0.2) is 9.78 Å². The van der Waals surface area contributed by atoms with E-state index in [4.69, 9.17) is 4.74 Å². The number of amides is 1. The van der Waals surface area contributed by atoms with E-state index < -0.39 is 5.97 Å². The molecular formula is C24H21N3O3. The summed E-state index contributed by atoms with van der Waals surface area (Å²) in [5.74, 6) is -0.225. The van der Waals surface area contributed by atoms with Gasteiger partial charge in [0, 0.05) is 11.3 Å².